The second-order valence-electron chi connectivity index (χ2n) is 9.94. The maximum atomic E-state index is 5.53. The summed E-state index contributed by atoms with van der Waals surface area (Å²) >= 11 is 0. The van der Waals surface area contributed by atoms with Crippen LogP contribution in [0, 0.1) is 0 Å². The monoisotopic (exact) mass is 450 g/mol. The third-order valence-corrected chi connectivity index (χ3v) is 6.87. The summed E-state index contributed by atoms with van der Waals surface area (Å²) in [6, 6.07) is 0. The summed E-state index contributed by atoms with van der Waals surface area (Å²) in [5.41, 5.74) is 5.53. The van der Waals surface area contributed by atoms with Gasteiger partial charge in [0.1, 0.15) is 0 Å². The smallest absolute Gasteiger partial charge is 0.0990 e. The molecule has 1 aliphatic heterocycles. The number of nitrogens with one attached hydrogen (secondary N) is 1. The number of nitrogens with zero attached hydrogens (tertiary/aromatic N) is 2. The van der Waals surface area contributed by atoms with Gasteiger partial charge in [-0.1, -0.05) is 96.8 Å². The average Bonchev–Trinajstić information content (AvgIpc) is 3.25. The fourth-order valence-corrected chi connectivity index (χ4v) is 4.73. The van der Waals surface area contributed by atoms with Gasteiger partial charge >= 0.3 is 0 Å². The quantitative estimate of drug-likeness (QED) is 0.146. The molecule has 1 rings (SSSR count). The molecular formula is C28H58N4. The van der Waals surface area contributed by atoms with Crippen LogP contribution in [0.15, 0.2) is 4.99 Å². The van der Waals surface area contributed by atoms with Crippen LogP contribution in [0.5, 0.6) is 0 Å². The fourth-order valence-electron chi connectivity index (χ4n) is 4.73. The fraction of sp³-hybridized carbons (Fsp3) is 0.964. The van der Waals surface area contributed by atoms with Gasteiger partial charge < -0.3 is 16.0 Å². The highest BCUT2D eigenvalue weighted by Gasteiger charge is 2.15. The minimum atomic E-state index is 0.818. The molecule has 32 heavy (non-hydrogen) atoms. The molecule has 0 fully saturated rings. The number of amidine groups is 1. The van der Waals surface area contributed by atoms with Crippen LogP contribution in [0.2, 0.25) is 0 Å². The topological polar surface area (TPSA) is 53.6 Å². The van der Waals surface area contributed by atoms with Gasteiger partial charge in [0.05, 0.1) is 12.4 Å². The summed E-state index contributed by atoms with van der Waals surface area (Å²) in [4.78, 5) is 7.34. The molecule has 4 heteroatoms. The number of unbranched alkanes of at least 4 members (excludes halogenated alkanes) is 16. The Kier molecular flexibility index (Phi) is 21.6. The molecule has 0 atom stereocenters. The van der Waals surface area contributed by atoms with Crippen molar-refractivity contribution in [2.24, 2.45) is 10.7 Å². The molecular weight excluding hydrogens is 392 g/mol. The number of rotatable bonds is 25. The Labute approximate surface area is 201 Å². The van der Waals surface area contributed by atoms with Crippen molar-refractivity contribution in [2.45, 2.75) is 135 Å². The molecule has 190 valence electrons. The molecule has 0 aromatic heterocycles. The van der Waals surface area contributed by atoms with Crippen molar-refractivity contribution >= 4 is 5.84 Å². The van der Waals surface area contributed by atoms with Crippen LogP contribution < -0.4 is 11.1 Å². The Balaban J connectivity index is 1.83. The molecule has 0 aromatic rings. The van der Waals surface area contributed by atoms with E-state index in [1.807, 2.05) is 0 Å². The Hall–Kier alpha value is -0.610. The Morgan fingerprint density at radius 3 is 1.78 bits per heavy atom. The van der Waals surface area contributed by atoms with E-state index in [0.717, 1.165) is 39.1 Å². The lowest BCUT2D eigenvalue weighted by molar-refractivity contribution is 0.424. The van der Waals surface area contributed by atoms with E-state index in [4.69, 9.17) is 10.7 Å². The summed E-state index contributed by atoms with van der Waals surface area (Å²) in [5, 5.41) is 3.54. The maximum absolute atomic E-state index is 5.53. The molecule has 0 amide bonds. The summed E-state index contributed by atoms with van der Waals surface area (Å²) in [5.74, 6) is 1.40. The molecule has 3 N–H and O–H groups in total. The van der Waals surface area contributed by atoms with E-state index in [2.05, 4.69) is 17.1 Å². The molecule has 4 nitrogen and oxygen atoms in total. The van der Waals surface area contributed by atoms with E-state index >= 15 is 0 Å². The van der Waals surface area contributed by atoms with E-state index in [1.165, 1.54) is 134 Å². The highest BCUT2D eigenvalue weighted by Crippen LogP contribution is 2.15. The molecule has 0 saturated heterocycles. The van der Waals surface area contributed by atoms with Crippen molar-refractivity contribution in [3.63, 3.8) is 0 Å². The highest BCUT2D eigenvalue weighted by molar-refractivity contribution is 5.83. The van der Waals surface area contributed by atoms with Crippen molar-refractivity contribution in [2.75, 3.05) is 39.3 Å². The number of aliphatic imine (C=N–C) groups is 1. The SMILES string of the molecule is CCCCCCCCCCCCCCCCCC1=NCCN1CCCCNCCCCN. The van der Waals surface area contributed by atoms with Crippen molar-refractivity contribution in [1.29, 1.82) is 0 Å². The zero-order valence-electron chi connectivity index (χ0n) is 21.9. The average molecular weight is 451 g/mol. The van der Waals surface area contributed by atoms with Crippen molar-refractivity contribution < 1.29 is 0 Å². The zero-order valence-corrected chi connectivity index (χ0v) is 21.9. The van der Waals surface area contributed by atoms with Crippen molar-refractivity contribution in [1.82, 2.24) is 10.2 Å². The predicted molar refractivity (Wildman–Crippen MR) is 144 cm³/mol. The number of hydrogen-bond donors (Lipinski definition) is 2. The van der Waals surface area contributed by atoms with Gasteiger partial charge in [-0.25, -0.2) is 0 Å². The first-order valence-corrected chi connectivity index (χ1v) is 14.6. The van der Waals surface area contributed by atoms with Crippen LogP contribution in [0.3, 0.4) is 0 Å². The summed E-state index contributed by atoms with van der Waals surface area (Å²) in [7, 11) is 0. The second kappa shape index (κ2) is 23.5. The Morgan fingerprint density at radius 2 is 1.22 bits per heavy atom. The molecule has 0 bridgehead atoms. The molecule has 1 aliphatic rings. The van der Waals surface area contributed by atoms with Gasteiger partial charge in [0.25, 0.3) is 0 Å². The van der Waals surface area contributed by atoms with Gasteiger partial charge in [-0.3, -0.25) is 4.99 Å². The molecule has 0 aromatic carbocycles. The standard InChI is InChI=1S/C28H58N4/c1-2-3-4-5-6-7-8-9-10-11-12-13-14-15-16-21-28-31-25-27-32(28)26-20-19-24-30-23-18-17-22-29/h30H,2-27,29H2,1H3. The summed E-state index contributed by atoms with van der Waals surface area (Å²) in [6.45, 7) is 8.74. The van der Waals surface area contributed by atoms with E-state index < -0.39 is 0 Å². The minimum absolute atomic E-state index is 0.818. The first-order valence-electron chi connectivity index (χ1n) is 14.6. The van der Waals surface area contributed by atoms with Crippen LogP contribution in [0.1, 0.15) is 135 Å². The lowest BCUT2D eigenvalue weighted by Gasteiger charge is -2.20. The highest BCUT2D eigenvalue weighted by atomic mass is 15.2. The summed E-state index contributed by atoms with van der Waals surface area (Å²) < 4.78 is 0. The van der Waals surface area contributed by atoms with Crippen molar-refractivity contribution in [3.05, 3.63) is 0 Å². The number of nitrogens with two attached hydrogens (primary N) is 1. The number of hydrogen-bond acceptors (Lipinski definition) is 4. The largest absolute Gasteiger partial charge is 0.359 e. The van der Waals surface area contributed by atoms with E-state index in [1.54, 1.807) is 0 Å². The second-order valence-corrected chi connectivity index (χ2v) is 9.94. The Bertz CT molecular complexity index is 410. The molecule has 0 spiro atoms. The third kappa shape index (κ3) is 17.9. The first kappa shape index (κ1) is 29.4. The van der Waals surface area contributed by atoms with Crippen LogP contribution in [0.25, 0.3) is 0 Å². The lowest BCUT2D eigenvalue weighted by Crippen LogP contribution is -2.29. The van der Waals surface area contributed by atoms with Gasteiger partial charge in [0, 0.05) is 19.5 Å². The molecule has 0 saturated carbocycles. The van der Waals surface area contributed by atoms with Crippen LogP contribution in [0.4, 0.5) is 0 Å². The predicted octanol–water partition coefficient (Wildman–Crippen LogP) is 7.07. The van der Waals surface area contributed by atoms with E-state index in [-0.39, 0.29) is 0 Å². The Morgan fingerprint density at radius 1 is 0.688 bits per heavy atom. The van der Waals surface area contributed by atoms with Gasteiger partial charge in [0.2, 0.25) is 0 Å². The van der Waals surface area contributed by atoms with Gasteiger partial charge in [-0.05, 0) is 51.7 Å². The maximum Gasteiger partial charge on any atom is 0.0990 e. The molecule has 0 aliphatic carbocycles. The third-order valence-electron chi connectivity index (χ3n) is 6.87. The zero-order chi connectivity index (χ0) is 23.0. The van der Waals surface area contributed by atoms with E-state index in [9.17, 15) is 0 Å². The van der Waals surface area contributed by atoms with Crippen LogP contribution in [-0.2, 0) is 0 Å². The van der Waals surface area contributed by atoms with Crippen LogP contribution >= 0.6 is 0 Å². The van der Waals surface area contributed by atoms with Crippen LogP contribution in [-0.4, -0.2) is 50.0 Å². The minimum Gasteiger partial charge on any atom is -0.359 e. The van der Waals surface area contributed by atoms with Gasteiger partial charge in [-0.15, -0.1) is 0 Å². The van der Waals surface area contributed by atoms with Crippen molar-refractivity contribution in [3.8, 4) is 0 Å². The molecule has 1 heterocycles. The lowest BCUT2D eigenvalue weighted by atomic mass is 10.0. The molecule has 0 radical (unpaired) electrons. The normalized spacial score (nSPS) is 13.8. The summed E-state index contributed by atoms with van der Waals surface area (Å²) in [6.07, 6.45) is 27.6. The molecule has 0 unspecified atom stereocenters. The van der Waals surface area contributed by atoms with Gasteiger partial charge in [0.15, 0.2) is 0 Å². The first-order chi connectivity index (χ1) is 15.9. The van der Waals surface area contributed by atoms with E-state index in [0.29, 0.717) is 0 Å². The van der Waals surface area contributed by atoms with Gasteiger partial charge in [-0.2, -0.15) is 0 Å².